The number of aliphatic hydroxyl groups excluding tert-OH is 1. The van der Waals surface area contributed by atoms with Crippen molar-refractivity contribution >= 4 is 38.9 Å². The number of hydrogen-bond donors (Lipinski definition) is 2. The minimum absolute atomic E-state index is 0.00223. The van der Waals surface area contributed by atoms with Crippen molar-refractivity contribution in [3.63, 3.8) is 0 Å². The van der Waals surface area contributed by atoms with Crippen molar-refractivity contribution in [1.82, 2.24) is 9.97 Å². The molecule has 1 aliphatic rings. The van der Waals surface area contributed by atoms with Gasteiger partial charge in [0.05, 0.1) is 23.9 Å². The highest BCUT2D eigenvalue weighted by Crippen LogP contribution is 2.34. The van der Waals surface area contributed by atoms with Crippen LogP contribution in [0.5, 0.6) is 0 Å². The molecule has 1 heterocycles. The number of aromatic nitrogens is 2. The van der Waals surface area contributed by atoms with E-state index < -0.39 is 34.0 Å². The van der Waals surface area contributed by atoms with Gasteiger partial charge in [-0.1, -0.05) is 18.2 Å². The van der Waals surface area contributed by atoms with E-state index in [-0.39, 0.29) is 35.7 Å². The van der Waals surface area contributed by atoms with Gasteiger partial charge in [0.15, 0.2) is 15.7 Å². The molecular formula is C21H23F2N3O4S2. The monoisotopic (exact) mass is 483 g/mol. The van der Waals surface area contributed by atoms with E-state index in [2.05, 4.69) is 15.3 Å². The van der Waals surface area contributed by atoms with Crippen LogP contribution in [0.3, 0.4) is 0 Å². The van der Waals surface area contributed by atoms with Crippen molar-refractivity contribution in [3.05, 3.63) is 48.3 Å². The lowest BCUT2D eigenvalue weighted by molar-refractivity contribution is -0.111. The Bertz CT molecular complexity index is 1070. The van der Waals surface area contributed by atoms with Gasteiger partial charge in [0.1, 0.15) is 17.4 Å². The predicted octanol–water partition coefficient (Wildman–Crippen LogP) is 3.07. The van der Waals surface area contributed by atoms with Crippen LogP contribution in [-0.4, -0.2) is 60.4 Å². The quantitative estimate of drug-likeness (QED) is 0.439. The van der Waals surface area contributed by atoms with Crippen molar-refractivity contribution in [1.29, 1.82) is 0 Å². The lowest BCUT2D eigenvalue weighted by Crippen LogP contribution is -2.16. The lowest BCUT2D eigenvalue weighted by Gasteiger charge is -2.12. The number of nitrogens with zero attached hydrogens (tertiary/aromatic N) is 2. The van der Waals surface area contributed by atoms with Gasteiger partial charge in [-0.15, -0.1) is 11.8 Å². The summed E-state index contributed by atoms with van der Waals surface area (Å²) in [6.07, 6.45) is 2.20. The summed E-state index contributed by atoms with van der Waals surface area (Å²) in [5.41, 5.74) is 0.576. The number of hydrogen-bond acceptors (Lipinski definition) is 7. The SMILES string of the molecule is CS(=O)(=O)c1ccc(C(=CC2C[C@@H](F)[C@@H](F)C2)C(=O)Nc2cnc(SCCO)cn2)cc1. The Hall–Kier alpha value is -2.37. The van der Waals surface area contributed by atoms with Gasteiger partial charge in [-0.25, -0.2) is 27.2 Å². The van der Waals surface area contributed by atoms with Crippen LogP contribution in [0.4, 0.5) is 14.6 Å². The van der Waals surface area contributed by atoms with Crippen molar-refractivity contribution in [2.24, 2.45) is 5.92 Å². The molecule has 1 amide bonds. The zero-order chi connectivity index (χ0) is 23.3. The molecule has 1 aliphatic carbocycles. The number of anilines is 1. The fraction of sp³-hybridized carbons (Fsp3) is 0.381. The normalized spacial score (nSPS) is 21.5. The lowest BCUT2D eigenvalue weighted by atomic mass is 9.98. The van der Waals surface area contributed by atoms with Crippen molar-refractivity contribution in [3.8, 4) is 0 Å². The fourth-order valence-corrected chi connectivity index (χ4v) is 4.50. The number of carbonyl (C=O) groups excluding carboxylic acids is 1. The third kappa shape index (κ3) is 6.33. The second-order valence-electron chi connectivity index (χ2n) is 7.41. The van der Waals surface area contributed by atoms with Crippen LogP contribution in [0.1, 0.15) is 18.4 Å². The molecule has 0 radical (unpaired) electrons. The van der Waals surface area contributed by atoms with Crippen LogP contribution in [0, 0.1) is 5.92 Å². The van der Waals surface area contributed by atoms with Gasteiger partial charge in [-0.05, 0) is 36.5 Å². The molecule has 0 aliphatic heterocycles. The maximum Gasteiger partial charge on any atom is 0.257 e. The van der Waals surface area contributed by atoms with Crippen molar-refractivity contribution in [2.75, 3.05) is 23.9 Å². The summed E-state index contributed by atoms with van der Waals surface area (Å²) in [6.45, 7) is -0.00223. The van der Waals surface area contributed by atoms with Gasteiger partial charge in [0, 0.05) is 17.6 Å². The summed E-state index contributed by atoms with van der Waals surface area (Å²) in [4.78, 5) is 21.4. The first kappa shape index (κ1) is 24.3. The highest BCUT2D eigenvalue weighted by Gasteiger charge is 2.34. The second kappa shape index (κ2) is 10.5. The largest absolute Gasteiger partial charge is 0.396 e. The molecule has 7 nitrogen and oxygen atoms in total. The van der Waals surface area contributed by atoms with E-state index in [1.165, 1.54) is 54.5 Å². The van der Waals surface area contributed by atoms with E-state index in [0.717, 1.165) is 6.26 Å². The van der Waals surface area contributed by atoms with Gasteiger partial charge in [0.25, 0.3) is 5.91 Å². The van der Waals surface area contributed by atoms with E-state index in [0.29, 0.717) is 16.3 Å². The smallest absolute Gasteiger partial charge is 0.257 e. The molecule has 0 spiro atoms. The number of halogens is 2. The topological polar surface area (TPSA) is 109 Å². The zero-order valence-corrected chi connectivity index (χ0v) is 18.9. The number of nitrogens with one attached hydrogen (secondary N) is 1. The van der Waals surface area contributed by atoms with Crippen LogP contribution >= 0.6 is 11.8 Å². The summed E-state index contributed by atoms with van der Waals surface area (Å²) in [6, 6.07) is 5.72. The molecule has 1 aromatic heterocycles. The van der Waals surface area contributed by atoms with E-state index in [4.69, 9.17) is 5.11 Å². The number of sulfone groups is 1. The number of benzene rings is 1. The fourth-order valence-electron chi connectivity index (χ4n) is 3.32. The van der Waals surface area contributed by atoms with E-state index in [9.17, 15) is 22.0 Å². The molecular weight excluding hydrogens is 460 g/mol. The molecule has 3 rings (SSSR count). The van der Waals surface area contributed by atoms with Crippen LogP contribution in [0.15, 0.2) is 52.7 Å². The molecule has 1 saturated carbocycles. The Morgan fingerprint density at radius 3 is 2.38 bits per heavy atom. The van der Waals surface area contributed by atoms with Gasteiger partial charge in [-0.2, -0.15) is 0 Å². The van der Waals surface area contributed by atoms with Gasteiger partial charge in [-0.3, -0.25) is 4.79 Å². The number of aliphatic hydroxyl groups is 1. The first-order valence-corrected chi connectivity index (χ1v) is 12.7. The molecule has 1 aromatic carbocycles. The van der Waals surface area contributed by atoms with Crippen molar-refractivity contribution in [2.45, 2.75) is 35.1 Å². The Kier molecular flexibility index (Phi) is 7.96. The Morgan fingerprint density at radius 2 is 1.84 bits per heavy atom. The number of thioether (sulfide) groups is 1. The Morgan fingerprint density at radius 1 is 1.19 bits per heavy atom. The van der Waals surface area contributed by atoms with Crippen LogP contribution in [-0.2, 0) is 14.6 Å². The number of alkyl halides is 2. The summed E-state index contributed by atoms with van der Waals surface area (Å²) in [5.74, 6) is -0.387. The molecule has 3 atom stereocenters. The highest BCUT2D eigenvalue weighted by molar-refractivity contribution is 7.99. The first-order chi connectivity index (χ1) is 15.2. The van der Waals surface area contributed by atoms with E-state index in [1.54, 1.807) is 0 Å². The minimum Gasteiger partial charge on any atom is -0.396 e. The third-order valence-corrected chi connectivity index (χ3v) is 6.92. The molecule has 0 saturated heterocycles. The maximum absolute atomic E-state index is 13.7. The van der Waals surface area contributed by atoms with Crippen LogP contribution in [0.2, 0.25) is 0 Å². The average Bonchev–Trinajstić information content (AvgIpc) is 3.08. The predicted molar refractivity (Wildman–Crippen MR) is 119 cm³/mol. The average molecular weight is 484 g/mol. The highest BCUT2D eigenvalue weighted by atomic mass is 32.2. The minimum atomic E-state index is -3.42. The number of carbonyl (C=O) groups is 1. The molecule has 1 fully saturated rings. The van der Waals surface area contributed by atoms with Crippen LogP contribution < -0.4 is 5.32 Å². The molecule has 32 heavy (non-hydrogen) atoms. The molecule has 11 heteroatoms. The summed E-state index contributed by atoms with van der Waals surface area (Å²) >= 11 is 1.31. The first-order valence-electron chi connectivity index (χ1n) is 9.85. The number of rotatable bonds is 8. The maximum atomic E-state index is 13.7. The third-order valence-electron chi connectivity index (χ3n) is 4.90. The Labute approximate surface area is 189 Å². The number of amides is 1. The standard InChI is InChI=1S/C21H23F2N3O4S2/c1-32(29,30)15-4-2-14(3-5-15)16(8-13-9-17(22)18(23)10-13)21(28)26-19-11-25-20(12-24-19)31-7-6-27/h2-5,8,11-13,17-18,27H,6-7,9-10H2,1H3,(H,24,26,28)/t13?,17-,18+. The molecule has 2 aromatic rings. The molecule has 2 N–H and O–H groups in total. The zero-order valence-electron chi connectivity index (χ0n) is 17.2. The van der Waals surface area contributed by atoms with E-state index >= 15 is 0 Å². The van der Waals surface area contributed by atoms with Gasteiger partial charge in [0.2, 0.25) is 0 Å². The summed E-state index contributed by atoms with van der Waals surface area (Å²) in [5, 5.41) is 12.1. The summed E-state index contributed by atoms with van der Waals surface area (Å²) in [7, 11) is -3.42. The molecule has 0 bridgehead atoms. The van der Waals surface area contributed by atoms with Crippen LogP contribution in [0.25, 0.3) is 5.57 Å². The van der Waals surface area contributed by atoms with Gasteiger partial charge < -0.3 is 10.4 Å². The Balaban J connectivity index is 1.85. The number of allylic oxidation sites excluding steroid dienone is 1. The second-order valence-corrected chi connectivity index (χ2v) is 10.5. The van der Waals surface area contributed by atoms with Gasteiger partial charge >= 0.3 is 0 Å². The molecule has 172 valence electrons. The summed E-state index contributed by atoms with van der Waals surface area (Å²) < 4.78 is 50.8. The van der Waals surface area contributed by atoms with Crippen molar-refractivity contribution < 1.29 is 27.1 Å². The van der Waals surface area contributed by atoms with E-state index in [1.807, 2.05) is 0 Å². The molecule has 1 unspecified atom stereocenters.